The SMILES string of the molecule is CC(C)NCc1ccc(-c2ccc3c(c2)CCCC3)n(C)c1=O. The van der Waals surface area contributed by atoms with Crippen molar-refractivity contribution in [1.29, 1.82) is 0 Å². The van der Waals surface area contributed by atoms with Gasteiger partial charge in [-0.1, -0.05) is 32.0 Å². The van der Waals surface area contributed by atoms with Gasteiger partial charge in [0.1, 0.15) is 0 Å². The molecule has 0 bridgehead atoms. The Kier molecular flexibility index (Phi) is 4.67. The van der Waals surface area contributed by atoms with Crippen LogP contribution in [-0.2, 0) is 26.4 Å². The van der Waals surface area contributed by atoms with Gasteiger partial charge in [-0.2, -0.15) is 0 Å². The predicted molar refractivity (Wildman–Crippen MR) is 95.7 cm³/mol. The zero-order chi connectivity index (χ0) is 16.4. The fourth-order valence-electron chi connectivity index (χ4n) is 3.32. The number of nitrogens with zero attached hydrogens (tertiary/aromatic N) is 1. The van der Waals surface area contributed by atoms with Crippen molar-refractivity contribution >= 4 is 0 Å². The van der Waals surface area contributed by atoms with Crippen LogP contribution in [0.1, 0.15) is 43.4 Å². The molecule has 0 saturated heterocycles. The lowest BCUT2D eigenvalue weighted by molar-refractivity contribution is 0.583. The number of benzene rings is 1. The Morgan fingerprint density at radius 2 is 1.83 bits per heavy atom. The van der Waals surface area contributed by atoms with E-state index in [0.29, 0.717) is 12.6 Å². The van der Waals surface area contributed by atoms with E-state index in [2.05, 4.69) is 43.4 Å². The van der Waals surface area contributed by atoms with Gasteiger partial charge in [-0.05, 0) is 54.5 Å². The Morgan fingerprint density at radius 1 is 1.09 bits per heavy atom. The van der Waals surface area contributed by atoms with Crippen LogP contribution < -0.4 is 10.9 Å². The number of hydrogen-bond donors (Lipinski definition) is 1. The Morgan fingerprint density at radius 3 is 2.57 bits per heavy atom. The lowest BCUT2D eigenvalue weighted by Crippen LogP contribution is -2.29. The Balaban J connectivity index is 1.94. The van der Waals surface area contributed by atoms with Gasteiger partial charge in [-0.15, -0.1) is 0 Å². The van der Waals surface area contributed by atoms with Crippen LogP contribution in [0, 0.1) is 0 Å². The monoisotopic (exact) mass is 310 g/mol. The third-order valence-corrected chi connectivity index (χ3v) is 4.73. The summed E-state index contributed by atoms with van der Waals surface area (Å²) >= 11 is 0. The molecule has 3 rings (SSSR count). The van der Waals surface area contributed by atoms with Crippen molar-refractivity contribution in [3.63, 3.8) is 0 Å². The van der Waals surface area contributed by atoms with Crippen LogP contribution in [0.3, 0.4) is 0 Å². The van der Waals surface area contributed by atoms with Crippen molar-refractivity contribution in [1.82, 2.24) is 9.88 Å². The maximum atomic E-state index is 12.6. The highest BCUT2D eigenvalue weighted by molar-refractivity contribution is 5.62. The molecule has 0 amide bonds. The van der Waals surface area contributed by atoms with E-state index in [0.717, 1.165) is 23.2 Å². The largest absolute Gasteiger partial charge is 0.311 e. The van der Waals surface area contributed by atoms with Crippen molar-refractivity contribution in [2.45, 2.75) is 52.1 Å². The summed E-state index contributed by atoms with van der Waals surface area (Å²) in [6.45, 7) is 4.80. The molecule has 0 radical (unpaired) electrons. The summed E-state index contributed by atoms with van der Waals surface area (Å²) in [6, 6.07) is 11.1. The maximum Gasteiger partial charge on any atom is 0.255 e. The van der Waals surface area contributed by atoms with Gasteiger partial charge in [0.2, 0.25) is 0 Å². The van der Waals surface area contributed by atoms with E-state index >= 15 is 0 Å². The Hall–Kier alpha value is -1.87. The van der Waals surface area contributed by atoms with Crippen molar-refractivity contribution in [3.05, 3.63) is 57.4 Å². The molecule has 0 spiro atoms. The van der Waals surface area contributed by atoms with Gasteiger partial charge < -0.3 is 9.88 Å². The molecule has 0 saturated carbocycles. The summed E-state index contributed by atoms with van der Waals surface area (Å²) in [5, 5.41) is 3.32. The number of pyridine rings is 1. The maximum absolute atomic E-state index is 12.6. The molecular formula is C20H26N2O. The number of aryl methyl sites for hydroxylation is 2. The highest BCUT2D eigenvalue weighted by Gasteiger charge is 2.12. The fraction of sp³-hybridized carbons (Fsp3) is 0.450. The van der Waals surface area contributed by atoms with Crippen molar-refractivity contribution in [3.8, 4) is 11.3 Å². The van der Waals surface area contributed by atoms with E-state index in [4.69, 9.17) is 0 Å². The molecule has 122 valence electrons. The van der Waals surface area contributed by atoms with Crippen LogP contribution in [0.2, 0.25) is 0 Å². The average molecular weight is 310 g/mol. The summed E-state index contributed by atoms with van der Waals surface area (Å²) in [5.74, 6) is 0. The summed E-state index contributed by atoms with van der Waals surface area (Å²) in [7, 11) is 1.87. The third-order valence-electron chi connectivity index (χ3n) is 4.73. The van der Waals surface area contributed by atoms with Crippen LogP contribution in [0.5, 0.6) is 0 Å². The molecule has 0 atom stereocenters. The topological polar surface area (TPSA) is 34.0 Å². The summed E-state index contributed by atoms with van der Waals surface area (Å²) in [5.41, 5.74) is 5.98. The second kappa shape index (κ2) is 6.71. The fourth-order valence-corrected chi connectivity index (χ4v) is 3.32. The van der Waals surface area contributed by atoms with Gasteiger partial charge in [0.15, 0.2) is 0 Å². The van der Waals surface area contributed by atoms with Crippen LogP contribution in [0.4, 0.5) is 0 Å². The molecule has 1 N–H and O–H groups in total. The van der Waals surface area contributed by atoms with Gasteiger partial charge in [0, 0.05) is 25.2 Å². The standard InChI is InChI=1S/C20H26N2O/c1-14(2)21-13-18-10-11-19(22(3)20(18)23)17-9-8-15-6-4-5-7-16(15)12-17/h8-12,14,21H,4-7,13H2,1-3H3. The molecule has 3 nitrogen and oxygen atoms in total. The number of fused-ring (bicyclic) bond motifs is 1. The minimum absolute atomic E-state index is 0.0911. The first-order valence-electron chi connectivity index (χ1n) is 8.60. The molecule has 3 heteroatoms. The second-order valence-electron chi connectivity index (χ2n) is 6.83. The highest BCUT2D eigenvalue weighted by atomic mass is 16.1. The van der Waals surface area contributed by atoms with Crippen molar-refractivity contribution in [2.75, 3.05) is 0 Å². The number of rotatable bonds is 4. The normalized spacial score (nSPS) is 14.1. The van der Waals surface area contributed by atoms with Crippen LogP contribution in [0.25, 0.3) is 11.3 Å². The first kappa shape index (κ1) is 16.0. The van der Waals surface area contributed by atoms with Gasteiger partial charge in [-0.25, -0.2) is 0 Å². The summed E-state index contributed by atoms with van der Waals surface area (Å²) < 4.78 is 1.78. The summed E-state index contributed by atoms with van der Waals surface area (Å²) in [4.78, 5) is 12.6. The smallest absolute Gasteiger partial charge is 0.255 e. The van der Waals surface area contributed by atoms with E-state index in [1.165, 1.54) is 30.4 Å². The molecule has 0 unspecified atom stereocenters. The quantitative estimate of drug-likeness (QED) is 0.939. The van der Waals surface area contributed by atoms with Crippen LogP contribution >= 0.6 is 0 Å². The lowest BCUT2D eigenvalue weighted by atomic mass is 9.90. The second-order valence-corrected chi connectivity index (χ2v) is 6.83. The Bertz CT molecular complexity index is 759. The number of nitrogens with one attached hydrogen (secondary N) is 1. The molecule has 1 aromatic heterocycles. The van der Waals surface area contributed by atoms with E-state index < -0.39 is 0 Å². The van der Waals surface area contributed by atoms with E-state index in [9.17, 15) is 4.79 Å². The first-order valence-corrected chi connectivity index (χ1v) is 8.60. The van der Waals surface area contributed by atoms with E-state index in [1.807, 2.05) is 13.1 Å². The minimum Gasteiger partial charge on any atom is -0.311 e. The van der Waals surface area contributed by atoms with E-state index in [1.54, 1.807) is 4.57 Å². The average Bonchev–Trinajstić information content (AvgIpc) is 2.55. The molecule has 1 heterocycles. The van der Waals surface area contributed by atoms with Gasteiger partial charge in [0.25, 0.3) is 5.56 Å². The van der Waals surface area contributed by atoms with E-state index in [-0.39, 0.29) is 5.56 Å². The molecule has 2 aromatic rings. The molecule has 0 aliphatic heterocycles. The zero-order valence-electron chi connectivity index (χ0n) is 14.4. The minimum atomic E-state index is 0.0911. The van der Waals surface area contributed by atoms with Crippen LogP contribution in [-0.4, -0.2) is 10.6 Å². The molecule has 1 aromatic carbocycles. The molecule has 0 fully saturated rings. The summed E-state index contributed by atoms with van der Waals surface area (Å²) in [6.07, 6.45) is 4.92. The van der Waals surface area contributed by atoms with Gasteiger partial charge in [0.05, 0.1) is 5.69 Å². The van der Waals surface area contributed by atoms with Crippen molar-refractivity contribution in [2.24, 2.45) is 7.05 Å². The van der Waals surface area contributed by atoms with Gasteiger partial charge >= 0.3 is 0 Å². The first-order chi connectivity index (χ1) is 11.1. The third kappa shape index (κ3) is 3.40. The molecule has 23 heavy (non-hydrogen) atoms. The molecular weight excluding hydrogens is 284 g/mol. The highest BCUT2D eigenvalue weighted by Crippen LogP contribution is 2.26. The van der Waals surface area contributed by atoms with Crippen LogP contribution in [0.15, 0.2) is 35.1 Å². The zero-order valence-corrected chi connectivity index (χ0v) is 14.4. The molecule has 1 aliphatic carbocycles. The predicted octanol–water partition coefficient (Wildman–Crippen LogP) is 3.43. The Labute approximate surface area is 138 Å². The van der Waals surface area contributed by atoms with Gasteiger partial charge in [-0.3, -0.25) is 4.79 Å². The number of aromatic nitrogens is 1. The molecule has 1 aliphatic rings. The van der Waals surface area contributed by atoms with Crippen molar-refractivity contribution < 1.29 is 0 Å². The lowest BCUT2D eigenvalue weighted by Gasteiger charge is -2.18. The number of hydrogen-bond acceptors (Lipinski definition) is 2.